The average Bonchev–Trinajstić information content (AvgIpc) is 3.59. The van der Waals surface area contributed by atoms with Gasteiger partial charge in [-0.15, -0.1) is 0 Å². The molecule has 1 aliphatic heterocycles. The third-order valence-electron chi connectivity index (χ3n) is 8.86. The Labute approximate surface area is 233 Å². The molecule has 3 unspecified atom stereocenters. The van der Waals surface area contributed by atoms with Crippen molar-refractivity contribution in [1.82, 2.24) is 0 Å². The number of benzene rings is 2. The standard InChI is InChI=1S/C32H39NO7/c1-16(2)24-28-21(15-23(39-28)32(3,4)36)29(38-19-7-5-6-8-19)26-27(35)25-20(17-9-11-18(33-37)12-10-17)13-14-22(34)30(25)40-31(24)26/h9-12,16,19-20,22-23,33-34,36-37H,5-8,13-15H2,1-4H3. The number of hydrogen-bond donors (Lipinski definition) is 4. The van der Waals surface area contributed by atoms with Gasteiger partial charge in [0.15, 0.2) is 0 Å². The fourth-order valence-electron chi connectivity index (χ4n) is 6.69. The van der Waals surface area contributed by atoms with Crippen molar-refractivity contribution < 1.29 is 29.3 Å². The number of aliphatic hydroxyl groups excluding tert-OH is 1. The second kappa shape index (κ2) is 10.1. The van der Waals surface area contributed by atoms with Crippen LogP contribution in [-0.4, -0.2) is 33.2 Å². The third kappa shape index (κ3) is 4.46. The minimum Gasteiger partial charge on any atom is -0.489 e. The Kier molecular flexibility index (Phi) is 6.84. The van der Waals surface area contributed by atoms with Crippen molar-refractivity contribution in [3.05, 3.63) is 62.5 Å². The molecule has 2 aromatic carbocycles. The van der Waals surface area contributed by atoms with Crippen LogP contribution in [0.1, 0.15) is 112 Å². The number of nitrogens with one attached hydrogen (secondary N) is 1. The zero-order valence-corrected chi connectivity index (χ0v) is 23.6. The van der Waals surface area contributed by atoms with E-state index in [1.54, 1.807) is 26.0 Å². The van der Waals surface area contributed by atoms with E-state index in [2.05, 4.69) is 5.48 Å². The van der Waals surface area contributed by atoms with Crippen molar-refractivity contribution in [2.75, 3.05) is 5.48 Å². The van der Waals surface area contributed by atoms with Crippen LogP contribution in [0.25, 0.3) is 11.0 Å². The zero-order chi connectivity index (χ0) is 28.3. The first-order valence-electron chi connectivity index (χ1n) is 14.5. The van der Waals surface area contributed by atoms with Crippen LogP contribution in [0, 0.1) is 0 Å². The molecule has 3 aliphatic rings. The summed E-state index contributed by atoms with van der Waals surface area (Å²) in [5.74, 6) is 1.10. The molecule has 6 rings (SSSR count). The molecule has 2 heterocycles. The van der Waals surface area contributed by atoms with Crippen molar-refractivity contribution in [3.63, 3.8) is 0 Å². The summed E-state index contributed by atoms with van der Waals surface area (Å²) in [6, 6.07) is 7.28. The van der Waals surface area contributed by atoms with Crippen LogP contribution in [0.3, 0.4) is 0 Å². The van der Waals surface area contributed by atoms with E-state index in [-0.39, 0.29) is 23.4 Å². The molecule has 0 radical (unpaired) electrons. The molecule has 1 saturated carbocycles. The van der Waals surface area contributed by atoms with Crippen LogP contribution in [-0.2, 0) is 6.42 Å². The number of aliphatic hydroxyl groups is 2. The summed E-state index contributed by atoms with van der Waals surface area (Å²) in [5, 5.41) is 31.7. The first kappa shape index (κ1) is 27.1. The topological polar surface area (TPSA) is 121 Å². The van der Waals surface area contributed by atoms with Gasteiger partial charge in [-0.25, -0.2) is 0 Å². The van der Waals surface area contributed by atoms with Crippen molar-refractivity contribution in [2.45, 2.75) is 108 Å². The Hall–Kier alpha value is -3.07. The van der Waals surface area contributed by atoms with E-state index >= 15 is 0 Å². The van der Waals surface area contributed by atoms with Gasteiger partial charge < -0.3 is 24.1 Å². The molecule has 2 aliphatic carbocycles. The highest BCUT2D eigenvalue weighted by Gasteiger charge is 2.42. The van der Waals surface area contributed by atoms with Crippen LogP contribution in [0.2, 0.25) is 0 Å². The summed E-state index contributed by atoms with van der Waals surface area (Å²) in [7, 11) is 0. The lowest BCUT2D eigenvalue weighted by Gasteiger charge is -2.29. The SMILES string of the molecule is CC(C)c1c2c(c(OC3CCCC3)c3c(=O)c4c(oc13)C(O)CCC4c1ccc(NO)cc1)CC(C(C)(C)O)O2. The second-order valence-electron chi connectivity index (χ2n) is 12.5. The van der Waals surface area contributed by atoms with Gasteiger partial charge >= 0.3 is 0 Å². The van der Waals surface area contributed by atoms with E-state index in [0.717, 1.165) is 42.4 Å². The summed E-state index contributed by atoms with van der Waals surface area (Å²) < 4.78 is 19.7. The van der Waals surface area contributed by atoms with E-state index in [1.807, 2.05) is 26.0 Å². The van der Waals surface area contributed by atoms with E-state index < -0.39 is 17.8 Å². The van der Waals surface area contributed by atoms with Crippen molar-refractivity contribution in [3.8, 4) is 11.5 Å². The largest absolute Gasteiger partial charge is 0.489 e. The van der Waals surface area contributed by atoms with Gasteiger partial charge in [-0.3, -0.25) is 15.5 Å². The monoisotopic (exact) mass is 549 g/mol. The molecule has 0 spiro atoms. The normalized spacial score (nSPS) is 22.9. The molecule has 214 valence electrons. The molecule has 3 atom stereocenters. The average molecular weight is 550 g/mol. The minimum absolute atomic E-state index is 0.00580. The molecule has 4 N–H and O–H groups in total. The maximum absolute atomic E-state index is 14.7. The van der Waals surface area contributed by atoms with Gasteiger partial charge in [-0.1, -0.05) is 26.0 Å². The fourth-order valence-corrected chi connectivity index (χ4v) is 6.69. The molecule has 1 fully saturated rings. The van der Waals surface area contributed by atoms with Gasteiger partial charge in [0.2, 0.25) is 5.43 Å². The lowest BCUT2D eigenvalue weighted by atomic mass is 9.79. The molecule has 40 heavy (non-hydrogen) atoms. The number of fused-ring (bicyclic) bond motifs is 3. The number of hydrogen-bond acceptors (Lipinski definition) is 8. The zero-order valence-electron chi connectivity index (χ0n) is 23.6. The van der Waals surface area contributed by atoms with Gasteiger partial charge in [0, 0.05) is 29.0 Å². The van der Waals surface area contributed by atoms with Crippen LogP contribution in [0.5, 0.6) is 11.5 Å². The highest BCUT2D eigenvalue weighted by Crippen LogP contribution is 2.51. The molecule has 0 amide bonds. The summed E-state index contributed by atoms with van der Waals surface area (Å²) >= 11 is 0. The summed E-state index contributed by atoms with van der Waals surface area (Å²) in [4.78, 5) is 14.7. The van der Waals surface area contributed by atoms with Crippen molar-refractivity contribution >= 4 is 16.7 Å². The first-order valence-corrected chi connectivity index (χ1v) is 14.5. The number of ether oxygens (including phenoxy) is 2. The maximum atomic E-state index is 14.7. The minimum atomic E-state index is -1.10. The molecular formula is C32H39NO7. The Morgan fingerprint density at radius 2 is 1.77 bits per heavy atom. The molecule has 8 nitrogen and oxygen atoms in total. The van der Waals surface area contributed by atoms with Gasteiger partial charge in [0.1, 0.15) is 40.4 Å². The van der Waals surface area contributed by atoms with E-state index in [9.17, 15) is 20.2 Å². The van der Waals surface area contributed by atoms with Crippen molar-refractivity contribution in [1.29, 1.82) is 0 Å². The van der Waals surface area contributed by atoms with E-state index in [4.69, 9.17) is 13.9 Å². The van der Waals surface area contributed by atoms with Gasteiger partial charge in [0.25, 0.3) is 0 Å². The summed E-state index contributed by atoms with van der Waals surface area (Å²) in [6.45, 7) is 7.53. The molecule has 8 heteroatoms. The molecular weight excluding hydrogens is 510 g/mol. The van der Waals surface area contributed by atoms with Crippen LogP contribution >= 0.6 is 0 Å². The second-order valence-corrected chi connectivity index (χ2v) is 12.5. The molecule has 0 saturated heterocycles. The van der Waals surface area contributed by atoms with Crippen LogP contribution in [0.4, 0.5) is 5.69 Å². The van der Waals surface area contributed by atoms with Gasteiger partial charge in [-0.2, -0.15) is 0 Å². The fraction of sp³-hybridized carbons (Fsp3) is 0.531. The molecule has 0 bridgehead atoms. The predicted molar refractivity (Wildman–Crippen MR) is 152 cm³/mol. The first-order chi connectivity index (χ1) is 19.1. The quantitative estimate of drug-likeness (QED) is 0.273. The summed E-state index contributed by atoms with van der Waals surface area (Å²) in [6.07, 6.45) is 4.05. The predicted octanol–water partition coefficient (Wildman–Crippen LogP) is 6.07. The van der Waals surface area contributed by atoms with Crippen LogP contribution in [0.15, 0.2) is 33.5 Å². The van der Waals surface area contributed by atoms with Crippen LogP contribution < -0.4 is 20.4 Å². The number of rotatable bonds is 6. The van der Waals surface area contributed by atoms with Gasteiger partial charge in [-0.05, 0) is 76.0 Å². The van der Waals surface area contributed by atoms with E-state index in [0.29, 0.717) is 58.7 Å². The Morgan fingerprint density at radius 3 is 2.40 bits per heavy atom. The Balaban J connectivity index is 1.64. The van der Waals surface area contributed by atoms with E-state index in [1.165, 1.54) is 0 Å². The highest BCUT2D eigenvalue weighted by molar-refractivity contribution is 5.92. The number of anilines is 1. The van der Waals surface area contributed by atoms with Crippen molar-refractivity contribution in [2.24, 2.45) is 0 Å². The lowest BCUT2D eigenvalue weighted by molar-refractivity contribution is -0.0233. The highest BCUT2D eigenvalue weighted by atomic mass is 16.5. The third-order valence-corrected chi connectivity index (χ3v) is 8.86. The molecule has 1 aromatic heterocycles. The Bertz CT molecular complexity index is 1480. The maximum Gasteiger partial charge on any atom is 0.200 e. The molecule has 3 aromatic rings. The lowest BCUT2D eigenvalue weighted by Crippen LogP contribution is -2.39. The van der Waals surface area contributed by atoms with Gasteiger partial charge in [0.05, 0.1) is 17.4 Å². The summed E-state index contributed by atoms with van der Waals surface area (Å²) in [5.41, 5.74) is 4.77. The smallest absolute Gasteiger partial charge is 0.200 e. The Morgan fingerprint density at radius 1 is 1.07 bits per heavy atom.